The monoisotopic (exact) mass is 266 g/mol. The summed E-state index contributed by atoms with van der Waals surface area (Å²) >= 11 is 0. The molecule has 1 nitrogen and oxygen atoms in total. The lowest BCUT2D eigenvalue weighted by Gasteiger charge is -2.42. The predicted octanol–water partition coefficient (Wildman–Crippen LogP) is 5.17. The van der Waals surface area contributed by atoms with Crippen LogP contribution in [-0.2, 0) is 4.43 Å². The molecule has 0 bridgehead atoms. The van der Waals surface area contributed by atoms with E-state index in [0.29, 0.717) is 5.92 Å². The number of hydrogen-bond donors (Lipinski definition) is 0. The van der Waals surface area contributed by atoms with Crippen LogP contribution in [0.4, 0.5) is 0 Å². The maximum atomic E-state index is 6.61. The number of rotatable bonds is 2. The molecule has 0 aromatic heterocycles. The molecule has 1 saturated carbocycles. The van der Waals surface area contributed by atoms with Gasteiger partial charge in [-0.15, -0.1) is 0 Å². The Morgan fingerprint density at radius 2 is 1.56 bits per heavy atom. The Balaban J connectivity index is 3.05. The molecule has 0 heterocycles. The average Bonchev–Trinajstić information content (AvgIpc) is 2.31. The zero-order valence-electron chi connectivity index (χ0n) is 13.5. The van der Waals surface area contributed by atoms with E-state index in [-0.39, 0.29) is 16.6 Å². The Bertz CT molecular complexity index is 371. The summed E-state index contributed by atoms with van der Waals surface area (Å²) in [4.78, 5) is 0. The van der Waals surface area contributed by atoms with E-state index in [1.54, 1.807) is 0 Å². The van der Waals surface area contributed by atoms with Crippen molar-refractivity contribution in [3.63, 3.8) is 0 Å². The van der Waals surface area contributed by atoms with E-state index < -0.39 is 8.32 Å². The Kier molecular flexibility index (Phi) is 3.79. The maximum Gasteiger partial charge on any atom is 0.192 e. The normalized spacial score (nSPS) is 28.9. The van der Waals surface area contributed by atoms with Gasteiger partial charge in [-0.1, -0.05) is 54.7 Å². The first kappa shape index (κ1) is 15.7. The van der Waals surface area contributed by atoms with Gasteiger partial charge >= 0.3 is 0 Å². The van der Waals surface area contributed by atoms with Crippen molar-refractivity contribution in [1.82, 2.24) is 0 Å². The molecule has 104 valence electrons. The SMILES string of the molecule is C=C1C(=C)C(O[Si](C)(C)C(C)(C)C)C(C)(C)C1C. The molecule has 0 aromatic rings. The molecule has 1 aliphatic rings. The summed E-state index contributed by atoms with van der Waals surface area (Å²) in [7, 11) is -1.76. The van der Waals surface area contributed by atoms with Gasteiger partial charge < -0.3 is 4.43 Å². The van der Waals surface area contributed by atoms with E-state index >= 15 is 0 Å². The largest absolute Gasteiger partial charge is 0.409 e. The van der Waals surface area contributed by atoms with Crippen molar-refractivity contribution < 1.29 is 4.43 Å². The first-order chi connectivity index (χ1) is 7.82. The van der Waals surface area contributed by atoms with Crippen molar-refractivity contribution in [2.75, 3.05) is 0 Å². The molecule has 1 rings (SSSR count). The lowest BCUT2D eigenvalue weighted by Crippen LogP contribution is -2.47. The molecule has 0 radical (unpaired) electrons. The minimum absolute atomic E-state index is 0.101. The first-order valence-electron chi connectivity index (χ1n) is 6.88. The molecule has 2 heteroatoms. The predicted molar refractivity (Wildman–Crippen MR) is 83.3 cm³/mol. The molecular weight excluding hydrogens is 236 g/mol. The fraction of sp³-hybridized carbons (Fsp3) is 0.750. The average molecular weight is 267 g/mol. The Labute approximate surface area is 114 Å². The van der Waals surface area contributed by atoms with Gasteiger partial charge in [-0.3, -0.25) is 0 Å². The van der Waals surface area contributed by atoms with Crippen LogP contribution in [0.25, 0.3) is 0 Å². The molecule has 1 fully saturated rings. The summed E-state index contributed by atoms with van der Waals surface area (Å²) in [5.74, 6) is 0.444. The van der Waals surface area contributed by atoms with E-state index in [4.69, 9.17) is 4.43 Å². The molecule has 0 aliphatic heterocycles. The highest BCUT2D eigenvalue weighted by Gasteiger charge is 2.50. The summed E-state index contributed by atoms with van der Waals surface area (Å²) in [5.41, 5.74) is 2.38. The van der Waals surface area contributed by atoms with Gasteiger partial charge in [0.05, 0.1) is 6.10 Å². The standard InChI is InChI=1S/C16H30OSi/c1-11-12(2)14(16(7,8)13(11)3)17-18(9,10)15(4,5)6/h13-14H,1-2H2,3-10H3. The van der Waals surface area contributed by atoms with Gasteiger partial charge in [0, 0.05) is 5.41 Å². The molecule has 18 heavy (non-hydrogen) atoms. The molecule has 0 spiro atoms. The second-order valence-electron chi connectivity index (χ2n) is 7.85. The summed E-state index contributed by atoms with van der Waals surface area (Å²) in [6.45, 7) is 26.7. The van der Waals surface area contributed by atoms with Gasteiger partial charge in [0.2, 0.25) is 0 Å². The van der Waals surface area contributed by atoms with Crippen molar-refractivity contribution in [3.05, 3.63) is 24.3 Å². The Morgan fingerprint density at radius 1 is 1.11 bits per heavy atom. The van der Waals surface area contributed by atoms with Crippen LogP contribution in [-0.4, -0.2) is 14.4 Å². The van der Waals surface area contributed by atoms with Crippen LogP contribution in [0.1, 0.15) is 41.5 Å². The highest BCUT2D eigenvalue weighted by molar-refractivity contribution is 6.74. The van der Waals surface area contributed by atoms with Gasteiger partial charge in [0.25, 0.3) is 0 Å². The quantitative estimate of drug-likeness (QED) is 0.627. The molecule has 2 unspecified atom stereocenters. The van der Waals surface area contributed by atoms with Gasteiger partial charge in [0.15, 0.2) is 8.32 Å². The van der Waals surface area contributed by atoms with Gasteiger partial charge in [-0.25, -0.2) is 0 Å². The minimum Gasteiger partial charge on any atom is -0.409 e. The van der Waals surface area contributed by atoms with Crippen molar-refractivity contribution in [2.45, 2.75) is 65.8 Å². The van der Waals surface area contributed by atoms with Crippen LogP contribution in [0.3, 0.4) is 0 Å². The summed E-state index contributed by atoms with van der Waals surface area (Å²) in [6.07, 6.45) is 0.126. The molecule has 1 aliphatic carbocycles. The third-order valence-corrected chi connectivity index (χ3v) is 9.70. The van der Waals surface area contributed by atoms with E-state index in [9.17, 15) is 0 Å². The first-order valence-corrected chi connectivity index (χ1v) is 9.79. The van der Waals surface area contributed by atoms with Crippen LogP contribution < -0.4 is 0 Å². The zero-order chi connectivity index (χ0) is 14.5. The van der Waals surface area contributed by atoms with E-state index in [1.165, 1.54) is 5.57 Å². The van der Waals surface area contributed by atoms with Crippen molar-refractivity contribution in [3.8, 4) is 0 Å². The topological polar surface area (TPSA) is 9.23 Å². The molecular formula is C16H30OSi. The molecule has 0 amide bonds. The minimum atomic E-state index is -1.76. The van der Waals surface area contributed by atoms with Crippen LogP contribution in [0.15, 0.2) is 24.3 Å². The Morgan fingerprint density at radius 3 is 1.83 bits per heavy atom. The lowest BCUT2D eigenvalue weighted by atomic mass is 9.81. The van der Waals surface area contributed by atoms with Gasteiger partial charge in [0.1, 0.15) is 0 Å². The molecule has 0 saturated heterocycles. The third-order valence-electron chi connectivity index (χ3n) is 5.26. The highest BCUT2D eigenvalue weighted by atomic mass is 28.4. The second kappa shape index (κ2) is 4.34. The third kappa shape index (κ3) is 2.37. The fourth-order valence-electron chi connectivity index (χ4n) is 2.27. The van der Waals surface area contributed by atoms with Gasteiger partial charge in [-0.2, -0.15) is 0 Å². The van der Waals surface area contributed by atoms with Crippen molar-refractivity contribution >= 4 is 8.32 Å². The van der Waals surface area contributed by atoms with Crippen molar-refractivity contribution in [1.29, 1.82) is 0 Å². The highest BCUT2D eigenvalue weighted by Crippen LogP contribution is 2.52. The summed E-state index contributed by atoms with van der Waals surface area (Å²) < 4.78 is 6.61. The zero-order valence-corrected chi connectivity index (χ0v) is 14.5. The van der Waals surface area contributed by atoms with Crippen LogP contribution in [0.2, 0.25) is 18.1 Å². The van der Waals surface area contributed by atoms with Crippen LogP contribution >= 0.6 is 0 Å². The number of hydrogen-bond acceptors (Lipinski definition) is 1. The van der Waals surface area contributed by atoms with Crippen LogP contribution in [0.5, 0.6) is 0 Å². The van der Waals surface area contributed by atoms with Crippen LogP contribution in [0, 0.1) is 11.3 Å². The van der Waals surface area contributed by atoms with Crippen molar-refractivity contribution in [2.24, 2.45) is 11.3 Å². The maximum absolute atomic E-state index is 6.61. The van der Waals surface area contributed by atoms with E-state index in [1.807, 2.05) is 0 Å². The van der Waals surface area contributed by atoms with E-state index in [0.717, 1.165) is 5.57 Å². The summed E-state index contributed by atoms with van der Waals surface area (Å²) in [6, 6.07) is 0. The second-order valence-corrected chi connectivity index (χ2v) is 12.6. The lowest BCUT2D eigenvalue weighted by molar-refractivity contribution is 0.0880. The van der Waals surface area contributed by atoms with Gasteiger partial charge in [-0.05, 0) is 35.2 Å². The van der Waals surface area contributed by atoms with E-state index in [2.05, 4.69) is 67.8 Å². The molecule has 2 atom stereocenters. The smallest absolute Gasteiger partial charge is 0.192 e. The Hall–Kier alpha value is -0.343. The molecule has 0 N–H and O–H groups in total. The fourth-order valence-corrected chi connectivity index (χ4v) is 3.65. The summed E-state index contributed by atoms with van der Waals surface area (Å²) in [5, 5.41) is 0.233. The molecule has 0 aromatic carbocycles.